The van der Waals surface area contributed by atoms with Gasteiger partial charge in [-0.2, -0.15) is 0 Å². The second kappa shape index (κ2) is 32.1. The molecule has 22 nitrogen and oxygen atoms in total. The summed E-state index contributed by atoms with van der Waals surface area (Å²) in [5.41, 5.74) is -2.32. The van der Waals surface area contributed by atoms with Crippen LogP contribution in [0.5, 0.6) is 0 Å². The Hall–Kier alpha value is 0.220. The molecule has 34 atom stereocenters. The molecule has 10 saturated heterocycles. The van der Waals surface area contributed by atoms with Crippen LogP contribution in [0, 0.1) is 71.0 Å². The number of rotatable bonds is 20. The number of methoxy groups -OCH3 is 2. The normalized spacial score (nSPS) is 49.8. The summed E-state index contributed by atoms with van der Waals surface area (Å²) in [6.07, 6.45) is 5.61. The van der Waals surface area contributed by atoms with E-state index >= 15 is 0 Å². The van der Waals surface area contributed by atoms with Crippen molar-refractivity contribution >= 4 is 11.9 Å². The molecular weight excluding hydrogens is 1260 g/mol. The van der Waals surface area contributed by atoms with Crippen molar-refractivity contribution in [2.75, 3.05) is 27.4 Å². The summed E-state index contributed by atoms with van der Waals surface area (Å²) in [6, 6.07) is 0. The van der Waals surface area contributed by atoms with Crippen LogP contribution in [0.2, 0.25) is 0 Å². The minimum absolute atomic E-state index is 0. The van der Waals surface area contributed by atoms with Crippen molar-refractivity contribution in [1.82, 2.24) is 0 Å². The molecule has 2 unspecified atom stereocenters. The van der Waals surface area contributed by atoms with E-state index < -0.39 is 119 Å². The average molecular weight is 1390 g/mol. The fourth-order valence-corrected chi connectivity index (χ4v) is 19.8. The average Bonchev–Trinajstić information content (AvgIpc) is 1.61. The van der Waals surface area contributed by atoms with Crippen molar-refractivity contribution in [3.8, 4) is 0 Å². The molecule has 96 heavy (non-hydrogen) atoms. The van der Waals surface area contributed by atoms with Gasteiger partial charge in [0.25, 0.3) is 0 Å². The largest absolute Gasteiger partial charge is 1.00 e. The first-order chi connectivity index (χ1) is 43.9. The number of carbonyl (C=O) groups is 2. The molecule has 544 valence electrons. The summed E-state index contributed by atoms with van der Waals surface area (Å²) in [7, 11) is 2.99. The van der Waals surface area contributed by atoms with Crippen molar-refractivity contribution in [2.24, 2.45) is 71.0 Å². The van der Waals surface area contributed by atoms with E-state index in [1.807, 2.05) is 41.5 Å². The first kappa shape index (κ1) is 83.5. The molecule has 0 radical (unpaired) electrons. The van der Waals surface area contributed by atoms with E-state index in [2.05, 4.69) is 55.4 Å². The van der Waals surface area contributed by atoms with Gasteiger partial charge in [0.1, 0.15) is 0 Å². The maximum absolute atomic E-state index is 11.7. The molecule has 6 N–H and O–H groups in total. The van der Waals surface area contributed by atoms with Crippen LogP contribution >= 0.6 is 0 Å². The third-order valence-electron chi connectivity index (χ3n) is 26.1. The first-order valence-electron chi connectivity index (χ1n) is 36.2. The fraction of sp³-hybridized carbons (Fsp3) is 0.972. The van der Waals surface area contributed by atoms with E-state index in [9.17, 15) is 50.4 Å². The summed E-state index contributed by atoms with van der Waals surface area (Å²) in [5, 5.41) is 87.7. The number of hydrogen-bond acceptors (Lipinski definition) is 22. The van der Waals surface area contributed by atoms with E-state index in [4.69, 9.17) is 56.8 Å². The zero-order chi connectivity index (χ0) is 69.4. The molecular formula is C72H122Na2O22. The van der Waals surface area contributed by atoms with Gasteiger partial charge in [0.05, 0.1) is 121 Å². The Bertz CT molecular complexity index is 2400. The minimum atomic E-state index is -1.57. The van der Waals surface area contributed by atoms with Crippen LogP contribution in [0.1, 0.15) is 214 Å². The van der Waals surface area contributed by atoms with Crippen LogP contribution in [-0.2, 0) is 66.4 Å². The van der Waals surface area contributed by atoms with Gasteiger partial charge in [-0.05, 0) is 115 Å². The Balaban J connectivity index is 0.000000265. The topological polar surface area (TPSA) is 312 Å². The maximum atomic E-state index is 11.7. The van der Waals surface area contributed by atoms with E-state index in [1.54, 1.807) is 13.8 Å². The summed E-state index contributed by atoms with van der Waals surface area (Å²) < 4.78 is 78.7. The number of carboxylic acid groups (broad SMARTS) is 2. The van der Waals surface area contributed by atoms with Gasteiger partial charge in [-0.25, -0.2) is 0 Å². The number of aliphatic hydroxyl groups excluding tert-OH is 4. The Morgan fingerprint density at radius 1 is 0.521 bits per heavy atom. The quantitative estimate of drug-likeness (QED) is 0.0866. The Morgan fingerprint density at radius 3 is 1.17 bits per heavy atom. The van der Waals surface area contributed by atoms with E-state index in [0.29, 0.717) is 38.5 Å². The van der Waals surface area contributed by atoms with Gasteiger partial charge < -0.3 is 107 Å². The Kier molecular flexibility index (Phi) is 27.9. The van der Waals surface area contributed by atoms with Crippen molar-refractivity contribution in [3.63, 3.8) is 0 Å². The molecule has 0 amide bonds. The van der Waals surface area contributed by atoms with Crippen LogP contribution in [0.4, 0.5) is 0 Å². The van der Waals surface area contributed by atoms with E-state index in [-0.39, 0.29) is 167 Å². The number of aliphatic hydroxyl groups is 6. The zero-order valence-electron chi connectivity index (χ0n) is 62.0. The van der Waals surface area contributed by atoms with Gasteiger partial charge in [0, 0.05) is 99.2 Å². The van der Waals surface area contributed by atoms with Crippen LogP contribution < -0.4 is 69.3 Å². The third kappa shape index (κ3) is 16.0. The smallest absolute Gasteiger partial charge is 0.550 e. The van der Waals surface area contributed by atoms with Crippen molar-refractivity contribution in [1.29, 1.82) is 0 Å². The molecule has 10 rings (SSSR count). The molecule has 10 heterocycles. The molecule has 10 aliphatic rings. The van der Waals surface area contributed by atoms with Gasteiger partial charge in [0.15, 0.2) is 23.1 Å². The molecule has 10 fully saturated rings. The molecule has 10 aliphatic heterocycles. The van der Waals surface area contributed by atoms with Crippen LogP contribution in [0.15, 0.2) is 0 Å². The van der Waals surface area contributed by atoms with Crippen LogP contribution in [0.3, 0.4) is 0 Å². The monoisotopic (exact) mass is 1380 g/mol. The molecule has 24 heteroatoms. The standard InChI is InChI=1S/2C36H62O11.2Na/c2*1-10-34(31-20(3)16-26(43-31)28-19(2)15-21(4)36(41,18-37)46-28)12-11-27(44-34)33(8)13-14-35(47-33)17-25(38)22(5)30(45-35)23(6)29(42-9)24(7)32(39)40;;/h2*19-31,37-38,41H,10-18H2,1-9H3,(H,39,40);;/q;;2*+1/p-2/t2*19-,20-,21+,22+,23-,24?,25-,26+,27+,28-,29+,30-,31+,33-,34-,35+,36-;;/m00../s1. The second-order valence-electron chi connectivity index (χ2n) is 32.6. The predicted octanol–water partition coefficient (Wildman–Crippen LogP) is -0.116. The van der Waals surface area contributed by atoms with Crippen LogP contribution in [-0.4, -0.2) is 201 Å². The molecule has 0 aromatic carbocycles. The van der Waals surface area contributed by atoms with E-state index in [1.165, 1.54) is 14.2 Å². The number of aliphatic carboxylic acids is 2. The van der Waals surface area contributed by atoms with Gasteiger partial charge in [-0.15, -0.1) is 0 Å². The SMILES string of the molecule is CC[C@@]1([C@@H]2O[C@@H]([C@H]3O[C@@](O)(CO)[C@H](C)C[C@@H]3C)C[C@@H]2C)CC[C@H]([C@]2(C)CC[C@]3(C[C@H](O)[C@@H](C)[C@@H]([C@@H](C)[C@@H](OC)C(C)C(=O)[O-])O3)O2)O1.CC[C@@]1([C@@H]2O[C@@H]([C@H]3O[C@@](O)(CO)[C@H](C)C[C@@H]3C)C[C@@H]2C)CC[C@H]([C@]2(C)CC[C@]3(C[C@H](O)[C@@H](C)[C@@H]([C@@H](C)[C@@H](OC)C(C)C(=O)[O-])O3)O2)O1.[Na+].[Na+]. The Morgan fingerprint density at radius 2 is 0.865 bits per heavy atom. The van der Waals surface area contributed by atoms with Gasteiger partial charge in [0.2, 0.25) is 0 Å². The second-order valence-corrected chi connectivity index (χ2v) is 32.6. The predicted molar refractivity (Wildman–Crippen MR) is 339 cm³/mol. The fourth-order valence-electron chi connectivity index (χ4n) is 19.8. The molecule has 2 spiro atoms. The molecule has 0 aromatic heterocycles. The van der Waals surface area contributed by atoms with E-state index in [0.717, 1.165) is 64.2 Å². The Labute approximate surface area is 616 Å². The third-order valence-corrected chi connectivity index (χ3v) is 26.1. The minimum Gasteiger partial charge on any atom is -0.550 e. The summed E-state index contributed by atoms with van der Waals surface area (Å²) in [4.78, 5) is 23.4. The number of carbonyl (C=O) groups excluding carboxylic acids is 2. The maximum Gasteiger partial charge on any atom is 1.00 e. The van der Waals surface area contributed by atoms with Crippen molar-refractivity contribution in [2.45, 2.75) is 345 Å². The van der Waals surface area contributed by atoms with Gasteiger partial charge in [-0.1, -0.05) is 96.9 Å². The van der Waals surface area contributed by atoms with Crippen LogP contribution in [0.25, 0.3) is 0 Å². The summed E-state index contributed by atoms with van der Waals surface area (Å²) in [5.74, 6) is -9.95. The van der Waals surface area contributed by atoms with Crippen molar-refractivity contribution in [3.05, 3.63) is 0 Å². The number of ether oxygens (including phenoxy) is 12. The summed E-state index contributed by atoms with van der Waals surface area (Å²) in [6.45, 7) is 30.9. The molecule has 0 saturated carbocycles. The van der Waals surface area contributed by atoms with Gasteiger partial charge >= 0.3 is 59.1 Å². The zero-order valence-corrected chi connectivity index (χ0v) is 66.0. The van der Waals surface area contributed by atoms with Gasteiger partial charge in [-0.3, -0.25) is 0 Å². The molecule has 0 aromatic rings. The molecule has 0 bridgehead atoms. The molecule has 0 aliphatic carbocycles. The number of hydrogen-bond donors (Lipinski definition) is 6. The first-order valence-corrected chi connectivity index (χ1v) is 36.2. The number of carboxylic acids is 2. The van der Waals surface area contributed by atoms with Crippen molar-refractivity contribution < 1.29 is 166 Å². The summed E-state index contributed by atoms with van der Waals surface area (Å²) >= 11 is 0.